The summed E-state index contributed by atoms with van der Waals surface area (Å²) >= 11 is 0. The SMILES string of the molecule is CC(C)CN1CCN(CC2CC2(CO)C(C)C)CC1. The Hall–Kier alpha value is -0.120. The van der Waals surface area contributed by atoms with E-state index in [1.807, 2.05) is 0 Å². The molecule has 1 saturated carbocycles. The van der Waals surface area contributed by atoms with Crippen LogP contribution >= 0.6 is 0 Å². The van der Waals surface area contributed by atoms with E-state index >= 15 is 0 Å². The fourth-order valence-corrected chi connectivity index (χ4v) is 3.71. The Bertz CT molecular complexity index is 284. The van der Waals surface area contributed by atoms with E-state index in [1.54, 1.807) is 0 Å². The highest BCUT2D eigenvalue weighted by atomic mass is 16.3. The second-order valence-corrected chi connectivity index (χ2v) is 7.44. The summed E-state index contributed by atoms with van der Waals surface area (Å²) in [6, 6.07) is 0. The lowest BCUT2D eigenvalue weighted by Crippen LogP contribution is -2.48. The Labute approximate surface area is 119 Å². The summed E-state index contributed by atoms with van der Waals surface area (Å²) in [5, 5.41) is 9.64. The lowest BCUT2D eigenvalue weighted by atomic mass is 9.90. The molecule has 1 aliphatic carbocycles. The van der Waals surface area contributed by atoms with Crippen LogP contribution in [0.4, 0.5) is 0 Å². The predicted molar refractivity (Wildman–Crippen MR) is 80.2 cm³/mol. The molecule has 19 heavy (non-hydrogen) atoms. The van der Waals surface area contributed by atoms with Gasteiger partial charge in [-0.2, -0.15) is 0 Å². The normalized spacial score (nSPS) is 33.3. The molecule has 0 aromatic carbocycles. The monoisotopic (exact) mass is 268 g/mol. The largest absolute Gasteiger partial charge is 0.396 e. The van der Waals surface area contributed by atoms with Gasteiger partial charge in [-0.3, -0.25) is 0 Å². The van der Waals surface area contributed by atoms with Crippen LogP contribution in [0.3, 0.4) is 0 Å². The van der Waals surface area contributed by atoms with Crippen molar-refractivity contribution in [2.24, 2.45) is 23.2 Å². The summed E-state index contributed by atoms with van der Waals surface area (Å²) in [6.45, 7) is 16.8. The number of aliphatic hydroxyl groups excluding tert-OH is 1. The van der Waals surface area contributed by atoms with Gasteiger partial charge in [-0.1, -0.05) is 27.7 Å². The number of hydrogen-bond donors (Lipinski definition) is 1. The molecular weight excluding hydrogens is 236 g/mol. The van der Waals surface area contributed by atoms with E-state index < -0.39 is 0 Å². The molecule has 2 atom stereocenters. The van der Waals surface area contributed by atoms with Crippen molar-refractivity contribution in [1.82, 2.24) is 9.80 Å². The number of aliphatic hydroxyl groups is 1. The van der Waals surface area contributed by atoms with Crippen molar-refractivity contribution >= 4 is 0 Å². The molecule has 1 saturated heterocycles. The molecule has 1 heterocycles. The van der Waals surface area contributed by atoms with Crippen molar-refractivity contribution in [1.29, 1.82) is 0 Å². The van der Waals surface area contributed by atoms with Crippen molar-refractivity contribution in [2.75, 3.05) is 45.9 Å². The van der Waals surface area contributed by atoms with Gasteiger partial charge in [-0.25, -0.2) is 0 Å². The standard InChI is InChI=1S/C16H32N2O/c1-13(2)10-17-5-7-18(8-6-17)11-15-9-16(15,12-19)14(3)4/h13-15,19H,5-12H2,1-4H3. The van der Waals surface area contributed by atoms with E-state index in [-0.39, 0.29) is 5.41 Å². The first kappa shape index (κ1) is 15.3. The van der Waals surface area contributed by atoms with Crippen LogP contribution in [-0.2, 0) is 0 Å². The molecule has 1 N–H and O–H groups in total. The molecule has 2 fully saturated rings. The van der Waals surface area contributed by atoms with Crippen LogP contribution in [0.25, 0.3) is 0 Å². The fourth-order valence-electron chi connectivity index (χ4n) is 3.71. The minimum Gasteiger partial charge on any atom is -0.396 e. The average molecular weight is 268 g/mol. The molecule has 0 aromatic heterocycles. The third-order valence-electron chi connectivity index (χ3n) is 5.29. The molecule has 2 unspecified atom stereocenters. The average Bonchev–Trinajstić information content (AvgIpc) is 3.06. The molecule has 0 bridgehead atoms. The minimum atomic E-state index is 0.245. The number of hydrogen-bond acceptors (Lipinski definition) is 3. The number of piperazine rings is 1. The lowest BCUT2D eigenvalue weighted by Gasteiger charge is -2.36. The highest BCUT2D eigenvalue weighted by Crippen LogP contribution is 2.57. The Morgan fingerprint density at radius 2 is 1.63 bits per heavy atom. The summed E-state index contributed by atoms with van der Waals surface area (Å²) in [5.74, 6) is 2.12. The van der Waals surface area contributed by atoms with Crippen LogP contribution in [0.15, 0.2) is 0 Å². The molecule has 3 heteroatoms. The van der Waals surface area contributed by atoms with Crippen LogP contribution in [0.1, 0.15) is 34.1 Å². The predicted octanol–water partition coefficient (Wildman–Crippen LogP) is 1.91. The van der Waals surface area contributed by atoms with Gasteiger partial charge in [0.2, 0.25) is 0 Å². The maximum absolute atomic E-state index is 9.64. The van der Waals surface area contributed by atoms with E-state index in [2.05, 4.69) is 37.5 Å². The van der Waals surface area contributed by atoms with E-state index in [4.69, 9.17) is 0 Å². The Morgan fingerprint density at radius 3 is 2.05 bits per heavy atom. The zero-order chi connectivity index (χ0) is 14.0. The van der Waals surface area contributed by atoms with Gasteiger partial charge in [0.25, 0.3) is 0 Å². The van der Waals surface area contributed by atoms with Gasteiger partial charge in [0.1, 0.15) is 0 Å². The quantitative estimate of drug-likeness (QED) is 0.797. The highest BCUT2D eigenvalue weighted by molar-refractivity contribution is 5.05. The van der Waals surface area contributed by atoms with Crippen molar-refractivity contribution in [2.45, 2.75) is 34.1 Å². The summed E-state index contributed by atoms with van der Waals surface area (Å²) < 4.78 is 0. The van der Waals surface area contributed by atoms with Crippen LogP contribution in [0.2, 0.25) is 0 Å². The number of nitrogens with zero attached hydrogens (tertiary/aromatic N) is 2. The summed E-state index contributed by atoms with van der Waals surface area (Å²) in [5.41, 5.74) is 0.245. The lowest BCUT2D eigenvalue weighted by molar-refractivity contribution is 0.101. The van der Waals surface area contributed by atoms with Gasteiger partial charge >= 0.3 is 0 Å². The highest BCUT2D eigenvalue weighted by Gasteiger charge is 2.55. The van der Waals surface area contributed by atoms with Crippen LogP contribution in [0.5, 0.6) is 0 Å². The van der Waals surface area contributed by atoms with Crippen LogP contribution < -0.4 is 0 Å². The molecule has 2 rings (SSSR count). The van der Waals surface area contributed by atoms with Gasteiger partial charge in [-0.05, 0) is 24.2 Å². The second kappa shape index (κ2) is 6.11. The van der Waals surface area contributed by atoms with Crippen molar-refractivity contribution in [3.63, 3.8) is 0 Å². The molecule has 112 valence electrons. The molecule has 1 aliphatic heterocycles. The molecule has 0 amide bonds. The summed E-state index contributed by atoms with van der Waals surface area (Å²) in [7, 11) is 0. The topological polar surface area (TPSA) is 26.7 Å². The van der Waals surface area contributed by atoms with E-state index in [1.165, 1.54) is 45.7 Å². The van der Waals surface area contributed by atoms with Crippen molar-refractivity contribution in [3.05, 3.63) is 0 Å². The Morgan fingerprint density at radius 1 is 1.05 bits per heavy atom. The Kier molecular flexibility index (Phi) is 4.91. The van der Waals surface area contributed by atoms with E-state index in [9.17, 15) is 5.11 Å². The summed E-state index contributed by atoms with van der Waals surface area (Å²) in [4.78, 5) is 5.21. The van der Waals surface area contributed by atoms with Gasteiger partial charge in [0, 0.05) is 51.3 Å². The summed E-state index contributed by atoms with van der Waals surface area (Å²) in [6.07, 6.45) is 1.23. The smallest absolute Gasteiger partial charge is 0.0493 e. The molecule has 3 nitrogen and oxygen atoms in total. The maximum atomic E-state index is 9.64. The minimum absolute atomic E-state index is 0.245. The maximum Gasteiger partial charge on any atom is 0.0493 e. The molecule has 0 spiro atoms. The van der Waals surface area contributed by atoms with E-state index in [0.29, 0.717) is 12.5 Å². The second-order valence-electron chi connectivity index (χ2n) is 7.44. The fraction of sp³-hybridized carbons (Fsp3) is 1.00. The molecular formula is C16H32N2O. The van der Waals surface area contributed by atoms with Gasteiger partial charge in [0.05, 0.1) is 0 Å². The van der Waals surface area contributed by atoms with Gasteiger partial charge in [0.15, 0.2) is 0 Å². The van der Waals surface area contributed by atoms with Gasteiger partial charge in [-0.15, -0.1) is 0 Å². The third kappa shape index (κ3) is 3.50. The first-order valence-electron chi connectivity index (χ1n) is 8.03. The third-order valence-corrected chi connectivity index (χ3v) is 5.29. The van der Waals surface area contributed by atoms with Crippen molar-refractivity contribution < 1.29 is 5.11 Å². The van der Waals surface area contributed by atoms with E-state index in [0.717, 1.165) is 11.8 Å². The van der Waals surface area contributed by atoms with Crippen LogP contribution in [-0.4, -0.2) is 60.8 Å². The molecule has 0 aromatic rings. The molecule has 0 radical (unpaired) electrons. The first-order valence-corrected chi connectivity index (χ1v) is 8.03. The number of rotatable bonds is 6. The van der Waals surface area contributed by atoms with Crippen molar-refractivity contribution in [3.8, 4) is 0 Å². The molecule has 2 aliphatic rings. The zero-order valence-electron chi connectivity index (χ0n) is 13.2. The van der Waals surface area contributed by atoms with Gasteiger partial charge < -0.3 is 14.9 Å². The zero-order valence-corrected chi connectivity index (χ0v) is 13.2. The van der Waals surface area contributed by atoms with Crippen LogP contribution in [0, 0.1) is 23.2 Å². The first-order chi connectivity index (χ1) is 8.98. The Balaban J connectivity index is 1.72.